The van der Waals surface area contributed by atoms with Crippen LogP contribution in [0.5, 0.6) is 0 Å². The third-order valence-corrected chi connectivity index (χ3v) is 5.46. The molecule has 106 valence electrons. The molecule has 2 rings (SSSR count). The van der Waals surface area contributed by atoms with Gasteiger partial charge in [0.1, 0.15) is 0 Å². The molecule has 2 aromatic rings. The molecule has 1 amide bonds. The Labute approximate surface area is 132 Å². The fraction of sp³-hybridized carbons (Fsp3) is 0.312. The lowest BCUT2D eigenvalue weighted by atomic mass is 10.0. The second kappa shape index (κ2) is 6.10. The molecule has 1 unspecified atom stereocenters. The molecule has 1 N–H and O–H groups in total. The van der Waals surface area contributed by atoms with Crippen LogP contribution < -0.4 is 5.32 Å². The Morgan fingerprint density at radius 2 is 1.90 bits per heavy atom. The Morgan fingerprint density at radius 3 is 2.45 bits per heavy atom. The summed E-state index contributed by atoms with van der Waals surface area (Å²) in [6.45, 7) is 8.17. The minimum absolute atomic E-state index is 0.00396. The van der Waals surface area contributed by atoms with Crippen molar-refractivity contribution in [2.75, 3.05) is 0 Å². The zero-order valence-corrected chi connectivity index (χ0v) is 14.5. The van der Waals surface area contributed by atoms with Gasteiger partial charge in [-0.15, -0.1) is 11.3 Å². The van der Waals surface area contributed by atoms with Crippen LogP contribution in [-0.2, 0) is 0 Å². The number of carbonyl (C=O) groups excluding carboxylic acids is 1. The van der Waals surface area contributed by atoms with E-state index in [9.17, 15) is 4.79 Å². The van der Waals surface area contributed by atoms with Gasteiger partial charge in [-0.25, -0.2) is 0 Å². The first-order chi connectivity index (χ1) is 9.38. The van der Waals surface area contributed by atoms with Crippen molar-refractivity contribution >= 4 is 33.2 Å². The monoisotopic (exact) mass is 351 g/mol. The number of hydrogen-bond donors (Lipinski definition) is 1. The Morgan fingerprint density at radius 1 is 1.20 bits per heavy atom. The van der Waals surface area contributed by atoms with Crippen LogP contribution in [0.3, 0.4) is 0 Å². The molecule has 2 nitrogen and oxygen atoms in total. The Hall–Kier alpha value is -1.13. The average molecular weight is 352 g/mol. The van der Waals surface area contributed by atoms with Gasteiger partial charge in [-0.1, -0.05) is 23.8 Å². The van der Waals surface area contributed by atoms with Crippen molar-refractivity contribution in [2.24, 2.45) is 0 Å². The molecule has 0 saturated heterocycles. The largest absolute Gasteiger partial charge is 0.345 e. The number of nitrogens with one attached hydrogen (secondary N) is 1. The van der Waals surface area contributed by atoms with Gasteiger partial charge in [0, 0.05) is 0 Å². The standard InChI is InChI=1S/C16H18BrNOS/c1-9-5-6-13(10(2)7-9)12(4)18-16(19)14-8-11(3)15(17)20-14/h5-8,12H,1-4H3,(H,18,19). The van der Waals surface area contributed by atoms with Gasteiger partial charge in [0.2, 0.25) is 0 Å². The van der Waals surface area contributed by atoms with Crippen LogP contribution in [0.4, 0.5) is 0 Å². The van der Waals surface area contributed by atoms with Crippen LogP contribution in [0.2, 0.25) is 0 Å². The lowest BCUT2D eigenvalue weighted by Crippen LogP contribution is -2.26. The Balaban J connectivity index is 2.14. The highest BCUT2D eigenvalue weighted by molar-refractivity contribution is 9.11. The molecule has 1 aromatic heterocycles. The molecule has 0 bridgehead atoms. The number of halogens is 1. The molecule has 4 heteroatoms. The first kappa shape index (κ1) is 15.3. The van der Waals surface area contributed by atoms with Crippen molar-refractivity contribution in [3.8, 4) is 0 Å². The minimum atomic E-state index is -0.0173. The summed E-state index contributed by atoms with van der Waals surface area (Å²) in [7, 11) is 0. The summed E-state index contributed by atoms with van der Waals surface area (Å²) in [4.78, 5) is 13.0. The zero-order chi connectivity index (χ0) is 14.9. The van der Waals surface area contributed by atoms with Gasteiger partial charge >= 0.3 is 0 Å². The number of amides is 1. The third kappa shape index (κ3) is 3.30. The molecule has 1 aromatic carbocycles. The van der Waals surface area contributed by atoms with Gasteiger partial charge in [0.15, 0.2) is 0 Å². The highest BCUT2D eigenvalue weighted by Gasteiger charge is 2.15. The normalized spacial score (nSPS) is 12.2. The predicted octanol–water partition coefficient (Wildman–Crippen LogP) is 4.93. The first-order valence-corrected chi connectivity index (χ1v) is 8.13. The van der Waals surface area contributed by atoms with Gasteiger partial charge in [-0.3, -0.25) is 4.79 Å². The highest BCUT2D eigenvalue weighted by Crippen LogP contribution is 2.28. The summed E-state index contributed by atoms with van der Waals surface area (Å²) >= 11 is 4.92. The first-order valence-electron chi connectivity index (χ1n) is 6.52. The molecule has 0 aliphatic carbocycles. The van der Waals surface area contributed by atoms with Gasteiger partial charge < -0.3 is 5.32 Å². The summed E-state index contributed by atoms with van der Waals surface area (Å²) in [6, 6.07) is 8.23. The molecule has 0 radical (unpaired) electrons. The van der Waals surface area contributed by atoms with Crippen molar-refractivity contribution < 1.29 is 4.79 Å². The van der Waals surface area contributed by atoms with E-state index in [1.807, 2.05) is 19.9 Å². The quantitative estimate of drug-likeness (QED) is 0.834. The lowest BCUT2D eigenvalue weighted by Gasteiger charge is -2.16. The molecule has 0 fully saturated rings. The molecule has 1 atom stereocenters. The number of rotatable bonds is 3. The number of aryl methyl sites for hydroxylation is 3. The van der Waals surface area contributed by atoms with Crippen molar-refractivity contribution in [3.05, 3.63) is 55.2 Å². The van der Waals surface area contributed by atoms with E-state index in [2.05, 4.69) is 53.3 Å². The van der Waals surface area contributed by atoms with Crippen molar-refractivity contribution in [3.63, 3.8) is 0 Å². The van der Waals surface area contributed by atoms with Crippen LogP contribution in [0, 0.1) is 20.8 Å². The average Bonchev–Trinajstić information content (AvgIpc) is 2.69. The van der Waals surface area contributed by atoms with Crippen LogP contribution in [0.1, 0.15) is 44.9 Å². The van der Waals surface area contributed by atoms with Gasteiger partial charge in [-0.05, 0) is 66.4 Å². The highest BCUT2D eigenvalue weighted by atomic mass is 79.9. The van der Waals surface area contributed by atoms with E-state index in [-0.39, 0.29) is 11.9 Å². The topological polar surface area (TPSA) is 29.1 Å². The van der Waals surface area contributed by atoms with E-state index in [1.165, 1.54) is 22.5 Å². The van der Waals surface area contributed by atoms with Crippen molar-refractivity contribution in [1.29, 1.82) is 0 Å². The van der Waals surface area contributed by atoms with E-state index < -0.39 is 0 Å². The minimum Gasteiger partial charge on any atom is -0.345 e. The van der Waals surface area contributed by atoms with E-state index in [4.69, 9.17) is 0 Å². The fourth-order valence-corrected chi connectivity index (χ4v) is 3.67. The number of carbonyl (C=O) groups is 1. The van der Waals surface area contributed by atoms with Gasteiger partial charge in [0.25, 0.3) is 5.91 Å². The SMILES string of the molecule is Cc1ccc(C(C)NC(=O)c2cc(C)c(Br)s2)c(C)c1. The van der Waals surface area contributed by atoms with Crippen LogP contribution in [-0.4, -0.2) is 5.91 Å². The summed E-state index contributed by atoms with van der Waals surface area (Å²) in [6.07, 6.45) is 0. The molecule has 1 heterocycles. The molecule has 20 heavy (non-hydrogen) atoms. The maximum atomic E-state index is 12.3. The van der Waals surface area contributed by atoms with Gasteiger partial charge in [0.05, 0.1) is 14.7 Å². The van der Waals surface area contributed by atoms with E-state index >= 15 is 0 Å². The van der Waals surface area contributed by atoms with Crippen LogP contribution in [0.25, 0.3) is 0 Å². The Bertz CT molecular complexity index is 628. The summed E-state index contributed by atoms with van der Waals surface area (Å²) < 4.78 is 1.02. The number of thiophene rings is 1. The maximum Gasteiger partial charge on any atom is 0.261 e. The predicted molar refractivity (Wildman–Crippen MR) is 88.6 cm³/mol. The smallest absolute Gasteiger partial charge is 0.261 e. The Kier molecular flexibility index (Phi) is 4.66. The van der Waals surface area contributed by atoms with Crippen LogP contribution in [0.15, 0.2) is 28.1 Å². The van der Waals surface area contributed by atoms with Crippen molar-refractivity contribution in [1.82, 2.24) is 5.32 Å². The third-order valence-electron chi connectivity index (χ3n) is 3.32. The van der Waals surface area contributed by atoms with E-state index in [0.717, 1.165) is 19.8 Å². The molecule has 0 aliphatic rings. The lowest BCUT2D eigenvalue weighted by molar-refractivity contribution is 0.0944. The van der Waals surface area contributed by atoms with Gasteiger partial charge in [-0.2, -0.15) is 0 Å². The van der Waals surface area contributed by atoms with E-state index in [0.29, 0.717) is 0 Å². The maximum absolute atomic E-state index is 12.3. The van der Waals surface area contributed by atoms with Crippen molar-refractivity contribution in [2.45, 2.75) is 33.7 Å². The number of hydrogen-bond acceptors (Lipinski definition) is 2. The summed E-state index contributed by atoms with van der Waals surface area (Å²) in [5.74, 6) is -0.0173. The zero-order valence-electron chi connectivity index (χ0n) is 12.1. The number of benzene rings is 1. The fourth-order valence-electron chi connectivity index (χ4n) is 2.23. The molecular weight excluding hydrogens is 334 g/mol. The molecular formula is C16H18BrNOS. The summed E-state index contributed by atoms with van der Waals surface area (Å²) in [5, 5.41) is 3.06. The molecule has 0 aliphatic heterocycles. The second-order valence-electron chi connectivity index (χ2n) is 5.12. The molecule has 0 spiro atoms. The van der Waals surface area contributed by atoms with Crippen LogP contribution >= 0.6 is 27.3 Å². The molecule has 0 saturated carbocycles. The van der Waals surface area contributed by atoms with E-state index in [1.54, 1.807) is 0 Å². The summed E-state index contributed by atoms with van der Waals surface area (Å²) in [5.41, 5.74) is 4.71. The second-order valence-corrected chi connectivity index (χ2v) is 7.49.